The van der Waals surface area contributed by atoms with Crippen molar-refractivity contribution in [3.05, 3.63) is 93.8 Å². The minimum atomic E-state index is -1.06. The van der Waals surface area contributed by atoms with E-state index in [4.69, 9.17) is 0 Å². The summed E-state index contributed by atoms with van der Waals surface area (Å²) in [5, 5.41) is 25.8. The van der Waals surface area contributed by atoms with Crippen molar-refractivity contribution in [3.8, 4) is 0 Å². The third kappa shape index (κ3) is 6.24. The maximum Gasteiger partial charge on any atom is 0.335 e. The number of fused-ring (bicyclic) bond motifs is 1. The van der Waals surface area contributed by atoms with Gasteiger partial charge in [-0.2, -0.15) is 10.1 Å². The molecule has 202 valence electrons. The summed E-state index contributed by atoms with van der Waals surface area (Å²) in [5.74, 6) is -2.83. The van der Waals surface area contributed by atoms with E-state index < -0.39 is 23.9 Å². The van der Waals surface area contributed by atoms with Gasteiger partial charge in [-0.25, -0.2) is 18.7 Å². The van der Waals surface area contributed by atoms with Crippen LogP contribution in [0.5, 0.6) is 0 Å². The topological polar surface area (TPSA) is 150 Å². The number of hydrogen-bond donors (Lipinski definition) is 3. The van der Waals surface area contributed by atoms with Gasteiger partial charge in [-0.3, -0.25) is 14.5 Å². The zero-order valence-corrected chi connectivity index (χ0v) is 21.6. The van der Waals surface area contributed by atoms with E-state index in [1.165, 1.54) is 29.0 Å². The van der Waals surface area contributed by atoms with Crippen LogP contribution in [0.25, 0.3) is 5.78 Å². The maximum absolute atomic E-state index is 13.9. The molecule has 39 heavy (non-hydrogen) atoms. The molecule has 0 aliphatic rings. The van der Waals surface area contributed by atoms with Crippen molar-refractivity contribution in [3.63, 3.8) is 0 Å². The molecule has 0 spiro atoms. The first-order chi connectivity index (χ1) is 18.5. The van der Waals surface area contributed by atoms with E-state index in [-0.39, 0.29) is 42.5 Å². The number of aromatic nitrogens is 4. The Balaban J connectivity index is 1.61. The molecule has 0 saturated heterocycles. The Bertz CT molecular complexity index is 1570. The third-order valence-corrected chi connectivity index (χ3v) is 6.46. The molecule has 0 radical (unpaired) electrons. The summed E-state index contributed by atoms with van der Waals surface area (Å²) in [6.45, 7) is 4.96. The molecule has 4 aromatic rings. The zero-order valence-electron chi connectivity index (χ0n) is 21.6. The number of nitrogens with one attached hydrogen (secondary N) is 1. The lowest BCUT2D eigenvalue weighted by atomic mass is 10.00. The SMILES string of the molecule is Cc1ccc(CNC(=O)c2cc(CN(CC(=O)O)[C@@H](C)c3ccc(C(=O)O)c(C)c3)n3ncnc3n2)cc1F. The minimum absolute atomic E-state index is 0.0441. The predicted molar refractivity (Wildman–Crippen MR) is 138 cm³/mol. The van der Waals surface area contributed by atoms with Crippen LogP contribution in [0.4, 0.5) is 4.39 Å². The van der Waals surface area contributed by atoms with Gasteiger partial charge in [0.2, 0.25) is 0 Å². The summed E-state index contributed by atoms with van der Waals surface area (Å²) in [6.07, 6.45) is 1.28. The van der Waals surface area contributed by atoms with Gasteiger partial charge >= 0.3 is 11.9 Å². The Morgan fingerprint density at radius 2 is 1.85 bits per heavy atom. The molecule has 2 aromatic carbocycles. The van der Waals surface area contributed by atoms with E-state index in [2.05, 4.69) is 20.4 Å². The molecule has 2 aromatic heterocycles. The normalized spacial score (nSPS) is 12.0. The Labute approximate surface area is 222 Å². The summed E-state index contributed by atoms with van der Waals surface area (Å²) in [4.78, 5) is 46.1. The molecule has 11 nitrogen and oxygen atoms in total. The second kappa shape index (κ2) is 11.4. The number of aliphatic carboxylic acids is 1. The first kappa shape index (κ1) is 27.3. The molecule has 1 amide bonds. The molecular weight excluding hydrogens is 507 g/mol. The Morgan fingerprint density at radius 3 is 2.51 bits per heavy atom. The van der Waals surface area contributed by atoms with Crippen LogP contribution in [0.15, 0.2) is 48.8 Å². The van der Waals surface area contributed by atoms with Crippen molar-refractivity contribution in [2.75, 3.05) is 6.54 Å². The maximum atomic E-state index is 13.9. The van der Waals surface area contributed by atoms with Crippen LogP contribution in [0, 0.1) is 19.7 Å². The lowest BCUT2D eigenvalue weighted by Gasteiger charge is -2.28. The lowest BCUT2D eigenvalue weighted by Crippen LogP contribution is -2.33. The number of amides is 1. The van der Waals surface area contributed by atoms with Crippen LogP contribution < -0.4 is 5.32 Å². The van der Waals surface area contributed by atoms with Crippen molar-refractivity contribution < 1.29 is 29.0 Å². The van der Waals surface area contributed by atoms with Crippen LogP contribution in [0.3, 0.4) is 0 Å². The Morgan fingerprint density at radius 1 is 1.08 bits per heavy atom. The van der Waals surface area contributed by atoms with Gasteiger partial charge < -0.3 is 15.5 Å². The second-order valence-corrected chi connectivity index (χ2v) is 9.22. The standard InChI is InChI=1S/C27H27FN6O5/c1-15-4-5-18(9-22(15)28)11-29-25(37)23-10-20(34-27(32-23)30-14-31-34)12-33(13-24(35)36)17(3)19-6-7-21(26(38)39)16(2)8-19/h4-10,14,17H,11-13H2,1-3H3,(H,29,37)(H,35,36)(H,38,39)/t17-/m0/s1. The van der Waals surface area contributed by atoms with Crippen molar-refractivity contribution in [1.82, 2.24) is 29.8 Å². The lowest BCUT2D eigenvalue weighted by molar-refractivity contribution is -0.139. The molecule has 3 N–H and O–H groups in total. The van der Waals surface area contributed by atoms with Crippen LogP contribution in [0.1, 0.15) is 61.8 Å². The number of aromatic carboxylic acids is 1. The first-order valence-corrected chi connectivity index (χ1v) is 12.1. The molecule has 0 unspecified atom stereocenters. The number of rotatable bonds is 10. The van der Waals surface area contributed by atoms with E-state index in [1.807, 2.05) is 6.92 Å². The summed E-state index contributed by atoms with van der Waals surface area (Å²) in [7, 11) is 0. The second-order valence-electron chi connectivity index (χ2n) is 9.22. The molecule has 0 saturated carbocycles. The molecule has 0 aliphatic heterocycles. The van der Waals surface area contributed by atoms with Gasteiger partial charge in [-0.15, -0.1) is 0 Å². The van der Waals surface area contributed by atoms with Gasteiger partial charge in [0, 0.05) is 19.1 Å². The highest BCUT2D eigenvalue weighted by Crippen LogP contribution is 2.25. The number of benzene rings is 2. The summed E-state index contributed by atoms with van der Waals surface area (Å²) in [6, 6.07) is 10.6. The van der Waals surface area contributed by atoms with Gasteiger partial charge in [0.25, 0.3) is 11.7 Å². The fourth-order valence-corrected chi connectivity index (χ4v) is 4.23. The van der Waals surface area contributed by atoms with Gasteiger partial charge in [0.05, 0.1) is 17.8 Å². The monoisotopic (exact) mass is 534 g/mol. The first-order valence-electron chi connectivity index (χ1n) is 12.1. The fraction of sp³-hybridized carbons (Fsp3) is 0.259. The third-order valence-electron chi connectivity index (χ3n) is 6.46. The van der Waals surface area contributed by atoms with E-state index in [1.54, 1.807) is 43.0 Å². The number of carbonyl (C=O) groups excluding carboxylic acids is 1. The van der Waals surface area contributed by atoms with Crippen molar-refractivity contribution >= 4 is 23.6 Å². The molecule has 2 heterocycles. The average Bonchev–Trinajstić information content (AvgIpc) is 3.37. The van der Waals surface area contributed by atoms with Crippen LogP contribution in [0.2, 0.25) is 0 Å². The largest absolute Gasteiger partial charge is 0.480 e. The van der Waals surface area contributed by atoms with Crippen molar-refractivity contribution in [2.45, 2.75) is 39.9 Å². The number of carbonyl (C=O) groups is 3. The number of nitrogens with zero attached hydrogens (tertiary/aromatic N) is 5. The number of aryl methyl sites for hydroxylation is 2. The average molecular weight is 535 g/mol. The van der Waals surface area contributed by atoms with E-state index >= 15 is 0 Å². The molecule has 0 aliphatic carbocycles. The highest BCUT2D eigenvalue weighted by Gasteiger charge is 2.23. The number of carboxylic acid groups (broad SMARTS) is 2. The van der Waals surface area contributed by atoms with Gasteiger partial charge in [0.1, 0.15) is 17.8 Å². The van der Waals surface area contributed by atoms with Crippen LogP contribution in [-0.2, 0) is 17.9 Å². The smallest absolute Gasteiger partial charge is 0.335 e. The van der Waals surface area contributed by atoms with Crippen LogP contribution in [-0.4, -0.2) is 59.1 Å². The van der Waals surface area contributed by atoms with Crippen molar-refractivity contribution in [2.24, 2.45) is 0 Å². The molecule has 0 fully saturated rings. The predicted octanol–water partition coefficient (Wildman–Crippen LogP) is 3.16. The molecule has 0 bridgehead atoms. The summed E-state index contributed by atoms with van der Waals surface area (Å²) < 4.78 is 15.3. The molecule has 1 atom stereocenters. The molecule has 4 rings (SSSR count). The van der Waals surface area contributed by atoms with Gasteiger partial charge in [-0.05, 0) is 61.2 Å². The van der Waals surface area contributed by atoms with E-state index in [0.717, 1.165) is 5.56 Å². The van der Waals surface area contributed by atoms with Crippen LogP contribution >= 0.6 is 0 Å². The highest BCUT2D eigenvalue weighted by molar-refractivity contribution is 5.92. The van der Waals surface area contributed by atoms with Gasteiger partial charge in [0.15, 0.2) is 0 Å². The molecular formula is C27H27FN6O5. The zero-order chi connectivity index (χ0) is 28.3. The molecule has 12 heteroatoms. The Kier molecular flexibility index (Phi) is 7.96. The fourth-order valence-electron chi connectivity index (χ4n) is 4.23. The number of carboxylic acids is 2. The van der Waals surface area contributed by atoms with E-state index in [0.29, 0.717) is 22.4 Å². The Hall–Kier alpha value is -4.71. The number of hydrogen-bond acceptors (Lipinski definition) is 7. The summed E-state index contributed by atoms with van der Waals surface area (Å²) in [5.41, 5.74) is 3.04. The highest BCUT2D eigenvalue weighted by atomic mass is 19.1. The number of halogens is 1. The van der Waals surface area contributed by atoms with Crippen molar-refractivity contribution in [1.29, 1.82) is 0 Å². The summed E-state index contributed by atoms with van der Waals surface area (Å²) >= 11 is 0. The van der Waals surface area contributed by atoms with Gasteiger partial charge in [-0.1, -0.05) is 24.3 Å². The van der Waals surface area contributed by atoms with E-state index in [9.17, 15) is 29.0 Å². The quantitative estimate of drug-likeness (QED) is 0.279. The minimum Gasteiger partial charge on any atom is -0.480 e.